The van der Waals surface area contributed by atoms with Crippen LogP contribution in [0.3, 0.4) is 0 Å². The molecular formula is C15H21N3O2. The van der Waals surface area contributed by atoms with Crippen molar-refractivity contribution in [2.75, 3.05) is 13.7 Å². The summed E-state index contributed by atoms with van der Waals surface area (Å²) in [6.07, 6.45) is 5.07. The Labute approximate surface area is 119 Å². The maximum absolute atomic E-state index is 5.62. The maximum Gasteiger partial charge on any atom is 0.216 e. The fourth-order valence-electron chi connectivity index (χ4n) is 2.13. The lowest BCUT2D eigenvalue weighted by atomic mass is 10.1. The van der Waals surface area contributed by atoms with E-state index in [-0.39, 0.29) is 6.04 Å². The summed E-state index contributed by atoms with van der Waals surface area (Å²) in [7, 11) is 1.61. The normalized spacial score (nSPS) is 12.3. The second-order valence-corrected chi connectivity index (χ2v) is 4.73. The molecule has 0 aliphatic rings. The zero-order chi connectivity index (χ0) is 14.4. The van der Waals surface area contributed by atoms with Crippen LogP contribution < -0.4 is 10.1 Å². The molecule has 1 unspecified atom stereocenters. The summed E-state index contributed by atoms with van der Waals surface area (Å²) in [5.74, 6) is 1.55. The Hall–Kier alpha value is -1.88. The molecule has 2 aromatic rings. The van der Waals surface area contributed by atoms with E-state index in [1.807, 2.05) is 12.1 Å². The summed E-state index contributed by atoms with van der Waals surface area (Å²) in [6, 6.07) is 3.96. The van der Waals surface area contributed by atoms with Gasteiger partial charge in [-0.3, -0.25) is 0 Å². The van der Waals surface area contributed by atoms with Gasteiger partial charge >= 0.3 is 0 Å². The number of nitrogens with zero attached hydrogens (tertiary/aromatic N) is 2. The van der Waals surface area contributed by atoms with Crippen LogP contribution in [0.5, 0.6) is 5.88 Å². The standard InChI is InChI=1S/C15H21N3O2/c1-4-6-16-13(15-11(2)5-7-20-15)8-12-9-14(19-3)18-10-17-12/h5,7,9-10,13,16H,4,6,8H2,1-3H3. The van der Waals surface area contributed by atoms with Crippen LogP contribution in [-0.4, -0.2) is 23.6 Å². The number of aromatic nitrogens is 2. The van der Waals surface area contributed by atoms with Gasteiger partial charge in [0.15, 0.2) is 0 Å². The molecule has 20 heavy (non-hydrogen) atoms. The summed E-state index contributed by atoms with van der Waals surface area (Å²) in [6.45, 7) is 5.14. The molecular weight excluding hydrogens is 254 g/mol. The second kappa shape index (κ2) is 7.05. The van der Waals surface area contributed by atoms with Crippen LogP contribution in [0, 0.1) is 6.92 Å². The monoisotopic (exact) mass is 275 g/mol. The summed E-state index contributed by atoms with van der Waals surface area (Å²) < 4.78 is 10.8. The number of ether oxygens (including phenoxy) is 1. The average molecular weight is 275 g/mol. The van der Waals surface area contributed by atoms with Gasteiger partial charge in [0.2, 0.25) is 5.88 Å². The molecule has 2 heterocycles. The average Bonchev–Trinajstić information content (AvgIpc) is 2.90. The van der Waals surface area contributed by atoms with Crippen LogP contribution in [0.2, 0.25) is 0 Å². The van der Waals surface area contributed by atoms with Gasteiger partial charge in [-0.25, -0.2) is 9.97 Å². The van der Waals surface area contributed by atoms with Crippen LogP contribution >= 0.6 is 0 Å². The zero-order valence-electron chi connectivity index (χ0n) is 12.2. The summed E-state index contributed by atoms with van der Waals surface area (Å²) >= 11 is 0. The quantitative estimate of drug-likeness (QED) is 0.841. The van der Waals surface area contributed by atoms with Gasteiger partial charge in [0.1, 0.15) is 12.1 Å². The Kier molecular flexibility index (Phi) is 5.12. The minimum atomic E-state index is 0.115. The van der Waals surface area contributed by atoms with Gasteiger partial charge in [0.25, 0.3) is 0 Å². The van der Waals surface area contributed by atoms with E-state index in [2.05, 4.69) is 29.1 Å². The van der Waals surface area contributed by atoms with Crippen LogP contribution in [0.15, 0.2) is 29.1 Å². The SMILES string of the molecule is CCCNC(Cc1cc(OC)ncn1)c1occc1C. The highest BCUT2D eigenvalue weighted by Crippen LogP contribution is 2.22. The van der Waals surface area contributed by atoms with Crippen molar-refractivity contribution in [2.24, 2.45) is 0 Å². The van der Waals surface area contributed by atoms with Crippen LogP contribution in [0.1, 0.15) is 36.4 Å². The van der Waals surface area contributed by atoms with E-state index >= 15 is 0 Å². The molecule has 2 aromatic heterocycles. The van der Waals surface area contributed by atoms with Gasteiger partial charge in [0, 0.05) is 18.2 Å². The third-order valence-electron chi connectivity index (χ3n) is 3.18. The van der Waals surface area contributed by atoms with Crippen LogP contribution in [0.4, 0.5) is 0 Å². The molecule has 5 heteroatoms. The molecule has 0 aromatic carbocycles. The van der Waals surface area contributed by atoms with Crippen molar-refractivity contribution in [3.63, 3.8) is 0 Å². The van der Waals surface area contributed by atoms with Gasteiger partial charge in [-0.15, -0.1) is 0 Å². The Balaban J connectivity index is 2.17. The molecule has 5 nitrogen and oxygen atoms in total. The van der Waals surface area contributed by atoms with Gasteiger partial charge in [-0.05, 0) is 31.5 Å². The lowest BCUT2D eigenvalue weighted by Gasteiger charge is -2.17. The van der Waals surface area contributed by atoms with E-state index in [1.54, 1.807) is 13.4 Å². The predicted molar refractivity (Wildman–Crippen MR) is 76.8 cm³/mol. The molecule has 0 aliphatic carbocycles. The van der Waals surface area contributed by atoms with Gasteiger partial charge in [-0.1, -0.05) is 6.92 Å². The number of aryl methyl sites for hydroxylation is 1. The fraction of sp³-hybridized carbons (Fsp3) is 0.467. The number of furan rings is 1. The Morgan fingerprint density at radius 1 is 1.40 bits per heavy atom. The van der Waals surface area contributed by atoms with Gasteiger partial charge in [-0.2, -0.15) is 0 Å². The number of nitrogens with one attached hydrogen (secondary N) is 1. The summed E-state index contributed by atoms with van der Waals surface area (Å²) in [5, 5.41) is 3.50. The molecule has 1 atom stereocenters. The van der Waals surface area contributed by atoms with E-state index in [0.29, 0.717) is 5.88 Å². The summed E-state index contributed by atoms with van der Waals surface area (Å²) in [4.78, 5) is 8.33. The lowest BCUT2D eigenvalue weighted by Crippen LogP contribution is -2.24. The minimum absolute atomic E-state index is 0.115. The molecule has 0 spiro atoms. The second-order valence-electron chi connectivity index (χ2n) is 4.73. The number of rotatable bonds is 7. The number of hydrogen-bond donors (Lipinski definition) is 1. The predicted octanol–water partition coefficient (Wildman–Crippen LogP) is 2.67. The highest BCUT2D eigenvalue weighted by Gasteiger charge is 2.18. The molecule has 0 amide bonds. The van der Waals surface area contributed by atoms with Crippen molar-refractivity contribution in [3.05, 3.63) is 41.7 Å². The molecule has 0 saturated carbocycles. The van der Waals surface area contributed by atoms with Crippen LogP contribution in [-0.2, 0) is 6.42 Å². The maximum atomic E-state index is 5.62. The highest BCUT2D eigenvalue weighted by molar-refractivity contribution is 5.21. The third kappa shape index (κ3) is 3.57. The largest absolute Gasteiger partial charge is 0.481 e. The molecule has 0 saturated heterocycles. The van der Waals surface area contributed by atoms with Gasteiger partial charge < -0.3 is 14.5 Å². The topological polar surface area (TPSA) is 60.2 Å². The Bertz CT molecular complexity index is 539. The van der Waals surface area contributed by atoms with Crippen molar-refractivity contribution < 1.29 is 9.15 Å². The van der Waals surface area contributed by atoms with Crippen molar-refractivity contribution in [3.8, 4) is 5.88 Å². The molecule has 0 bridgehead atoms. The van der Waals surface area contributed by atoms with Crippen molar-refractivity contribution in [2.45, 2.75) is 32.7 Å². The minimum Gasteiger partial charge on any atom is -0.481 e. The molecule has 0 fully saturated rings. The fourth-order valence-corrected chi connectivity index (χ4v) is 2.13. The first-order valence-corrected chi connectivity index (χ1v) is 6.86. The molecule has 0 aliphatic heterocycles. The van der Waals surface area contributed by atoms with E-state index in [0.717, 1.165) is 36.4 Å². The van der Waals surface area contributed by atoms with Crippen molar-refractivity contribution in [1.82, 2.24) is 15.3 Å². The van der Waals surface area contributed by atoms with E-state index in [9.17, 15) is 0 Å². The smallest absolute Gasteiger partial charge is 0.216 e. The molecule has 2 rings (SSSR count). The first kappa shape index (κ1) is 14.5. The lowest BCUT2D eigenvalue weighted by molar-refractivity contribution is 0.390. The highest BCUT2D eigenvalue weighted by atomic mass is 16.5. The van der Waals surface area contributed by atoms with Crippen molar-refractivity contribution >= 4 is 0 Å². The Morgan fingerprint density at radius 2 is 2.25 bits per heavy atom. The van der Waals surface area contributed by atoms with E-state index < -0.39 is 0 Å². The van der Waals surface area contributed by atoms with Crippen molar-refractivity contribution in [1.29, 1.82) is 0 Å². The van der Waals surface area contributed by atoms with E-state index in [1.165, 1.54) is 6.33 Å². The first-order chi connectivity index (χ1) is 9.74. The van der Waals surface area contributed by atoms with E-state index in [4.69, 9.17) is 9.15 Å². The van der Waals surface area contributed by atoms with Crippen LogP contribution in [0.25, 0.3) is 0 Å². The third-order valence-corrected chi connectivity index (χ3v) is 3.18. The molecule has 0 radical (unpaired) electrons. The first-order valence-electron chi connectivity index (χ1n) is 6.86. The zero-order valence-corrected chi connectivity index (χ0v) is 12.2. The molecule has 108 valence electrons. The number of hydrogen-bond acceptors (Lipinski definition) is 5. The Morgan fingerprint density at radius 3 is 2.90 bits per heavy atom. The molecule has 1 N–H and O–H groups in total. The number of methoxy groups -OCH3 is 1. The summed E-state index contributed by atoms with van der Waals surface area (Å²) in [5.41, 5.74) is 2.08. The van der Waals surface area contributed by atoms with Gasteiger partial charge in [0.05, 0.1) is 19.4 Å².